The third-order valence-electron chi connectivity index (χ3n) is 4.04. The lowest BCUT2D eigenvalue weighted by Crippen LogP contribution is -2.14. The smallest absolute Gasteiger partial charge is 0.234 e. The minimum Gasteiger partial charge on any atom is -0.361 e. The number of nitrogens with zero attached hydrogens (tertiary/aromatic N) is 1. The van der Waals surface area contributed by atoms with Gasteiger partial charge in [0.15, 0.2) is 0 Å². The van der Waals surface area contributed by atoms with Crippen molar-refractivity contribution >= 4 is 23.4 Å². The van der Waals surface area contributed by atoms with Gasteiger partial charge in [-0.1, -0.05) is 11.2 Å². The molecule has 0 radical (unpaired) electrons. The first-order chi connectivity index (χ1) is 10.6. The van der Waals surface area contributed by atoms with Crippen LogP contribution in [0.15, 0.2) is 22.7 Å². The summed E-state index contributed by atoms with van der Waals surface area (Å²) in [6.07, 6.45) is 3.51. The zero-order valence-electron chi connectivity index (χ0n) is 12.9. The number of nitrogens with one attached hydrogen (secondary N) is 1. The molecule has 2 aromatic rings. The largest absolute Gasteiger partial charge is 0.361 e. The molecule has 1 heterocycles. The highest BCUT2D eigenvalue weighted by Crippen LogP contribution is 2.25. The van der Waals surface area contributed by atoms with Crippen molar-refractivity contribution in [1.29, 1.82) is 0 Å². The predicted octanol–water partition coefficient (Wildman–Crippen LogP) is 3.65. The van der Waals surface area contributed by atoms with Crippen LogP contribution in [0, 0.1) is 13.8 Å². The third kappa shape index (κ3) is 3.35. The number of aryl methyl sites for hydroxylation is 4. The molecule has 1 aromatic carbocycles. The highest BCUT2D eigenvalue weighted by atomic mass is 32.2. The summed E-state index contributed by atoms with van der Waals surface area (Å²) in [4.78, 5) is 12.0. The minimum absolute atomic E-state index is 0.0368. The Morgan fingerprint density at radius 2 is 2.14 bits per heavy atom. The molecule has 0 fully saturated rings. The molecule has 1 aromatic heterocycles. The maximum atomic E-state index is 12.0. The van der Waals surface area contributed by atoms with Crippen molar-refractivity contribution in [2.24, 2.45) is 0 Å². The second kappa shape index (κ2) is 6.57. The Labute approximate surface area is 134 Å². The van der Waals surface area contributed by atoms with E-state index in [1.54, 1.807) is 11.8 Å². The number of aromatic nitrogens is 1. The second-order valence-electron chi connectivity index (χ2n) is 5.68. The maximum absolute atomic E-state index is 12.0. The van der Waals surface area contributed by atoms with E-state index >= 15 is 0 Å². The van der Waals surface area contributed by atoms with E-state index in [9.17, 15) is 4.79 Å². The molecule has 1 N–H and O–H groups in total. The number of carbonyl (C=O) groups excluding carboxylic acids is 1. The summed E-state index contributed by atoms with van der Waals surface area (Å²) >= 11 is 1.58. The quantitative estimate of drug-likeness (QED) is 0.915. The lowest BCUT2D eigenvalue weighted by Gasteiger charge is -2.07. The van der Waals surface area contributed by atoms with E-state index in [0.29, 0.717) is 5.75 Å². The summed E-state index contributed by atoms with van der Waals surface area (Å²) in [6, 6.07) is 6.25. The SMILES string of the molecule is Cc1noc(C)c1CSCC(=O)Nc1ccc2c(c1)CCC2. The van der Waals surface area contributed by atoms with Gasteiger partial charge in [0.25, 0.3) is 0 Å². The summed E-state index contributed by atoms with van der Waals surface area (Å²) < 4.78 is 5.13. The number of anilines is 1. The zero-order valence-corrected chi connectivity index (χ0v) is 13.8. The number of thioether (sulfide) groups is 1. The molecule has 1 aliphatic carbocycles. The minimum atomic E-state index is 0.0368. The van der Waals surface area contributed by atoms with Crippen LogP contribution in [-0.2, 0) is 23.4 Å². The molecule has 22 heavy (non-hydrogen) atoms. The molecule has 4 nitrogen and oxygen atoms in total. The van der Waals surface area contributed by atoms with Crippen LogP contribution in [0.3, 0.4) is 0 Å². The van der Waals surface area contributed by atoms with Gasteiger partial charge < -0.3 is 9.84 Å². The van der Waals surface area contributed by atoms with Crippen molar-refractivity contribution in [1.82, 2.24) is 5.16 Å². The van der Waals surface area contributed by atoms with Crippen LogP contribution < -0.4 is 5.32 Å². The fourth-order valence-electron chi connectivity index (χ4n) is 2.80. The predicted molar refractivity (Wildman–Crippen MR) is 89.2 cm³/mol. The zero-order chi connectivity index (χ0) is 15.5. The van der Waals surface area contributed by atoms with E-state index in [1.165, 1.54) is 17.5 Å². The number of amides is 1. The average Bonchev–Trinajstić information content (AvgIpc) is 3.07. The summed E-state index contributed by atoms with van der Waals surface area (Å²) in [5, 5.41) is 6.91. The molecule has 1 amide bonds. The van der Waals surface area contributed by atoms with Gasteiger partial charge in [-0.05, 0) is 56.4 Å². The Kier molecular flexibility index (Phi) is 4.52. The van der Waals surface area contributed by atoms with Crippen LogP contribution in [0.1, 0.15) is 34.6 Å². The second-order valence-corrected chi connectivity index (χ2v) is 6.67. The van der Waals surface area contributed by atoms with Gasteiger partial charge in [0, 0.05) is 17.0 Å². The number of carbonyl (C=O) groups is 1. The number of hydrogen-bond donors (Lipinski definition) is 1. The number of rotatable bonds is 5. The van der Waals surface area contributed by atoms with E-state index in [4.69, 9.17) is 4.52 Å². The van der Waals surface area contributed by atoms with Crippen molar-refractivity contribution in [2.45, 2.75) is 38.9 Å². The number of hydrogen-bond acceptors (Lipinski definition) is 4. The molecule has 0 unspecified atom stereocenters. The molecular formula is C17H20N2O2S. The number of benzene rings is 1. The van der Waals surface area contributed by atoms with Crippen LogP contribution in [0.25, 0.3) is 0 Å². The molecular weight excluding hydrogens is 296 g/mol. The normalized spacial score (nSPS) is 13.2. The van der Waals surface area contributed by atoms with Crippen LogP contribution in [-0.4, -0.2) is 16.8 Å². The first-order valence-corrected chi connectivity index (χ1v) is 8.70. The van der Waals surface area contributed by atoms with Crippen LogP contribution in [0.4, 0.5) is 5.69 Å². The van der Waals surface area contributed by atoms with Crippen molar-refractivity contribution in [3.05, 3.63) is 46.3 Å². The lowest BCUT2D eigenvalue weighted by atomic mass is 10.1. The topological polar surface area (TPSA) is 55.1 Å². The summed E-state index contributed by atoms with van der Waals surface area (Å²) in [5.74, 6) is 2.05. The fraction of sp³-hybridized carbons (Fsp3) is 0.412. The molecule has 116 valence electrons. The summed E-state index contributed by atoms with van der Waals surface area (Å²) in [5.41, 5.74) is 5.70. The molecule has 3 rings (SSSR count). The van der Waals surface area contributed by atoms with E-state index in [0.717, 1.165) is 41.3 Å². The third-order valence-corrected chi connectivity index (χ3v) is 5.00. The van der Waals surface area contributed by atoms with Crippen molar-refractivity contribution < 1.29 is 9.32 Å². The van der Waals surface area contributed by atoms with E-state index in [-0.39, 0.29) is 5.91 Å². The van der Waals surface area contributed by atoms with Gasteiger partial charge in [-0.15, -0.1) is 11.8 Å². The van der Waals surface area contributed by atoms with Gasteiger partial charge in [0.05, 0.1) is 11.4 Å². The Morgan fingerprint density at radius 1 is 1.32 bits per heavy atom. The molecule has 0 saturated carbocycles. The van der Waals surface area contributed by atoms with E-state index in [1.807, 2.05) is 19.9 Å². The van der Waals surface area contributed by atoms with Gasteiger partial charge >= 0.3 is 0 Å². The highest BCUT2D eigenvalue weighted by molar-refractivity contribution is 7.99. The fourth-order valence-corrected chi connectivity index (χ4v) is 3.78. The van der Waals surface area contributed by atoms with Crippen LogP contribution in [0.5, 0.6) is 0 Å². The Balaban J connectivity index is 1.50. The monoisotopic (exact) mass is 316 g/mol. The van der Waals surface area contributed by atoms with Gasteiger partial charge in [0.2, 0.25) is 5.91 Å². The molecule has 5 heteroatoms. The van der Waals surface area contributed by atoms with Gasteiger partial charge in [-0.2, -0.15) is 0 Å². The number of fused-ring (bicyclic) bond motifs is 1. The highest BCUT2D eigenvalue weighted by Gasteiger charge is 2.13. The van der Waals surface area contributed by atoms with Gasteiger partial charge in [-0.25, -0.2) is 0 Å². The standard InChI is InChI=1S/C17H20N2O2S/c1-11-16(12(2)21-19-11)9-22-10-17(20)18-15-7-6-13-4-3-5-14(13)8-15/h6-8H,3-5,9-10H2,1-2H3,(H,18,20). The first-order valence-electron chi connectivity index (χ1n) is 7.54. The Bertz CT molecular complexity index is 674. The Morgan fingerprint density at radius 3 is 2.91 bits per heavy atom. The molecule has 0 atom stereocenters. The van der Waals surface area contributed by atoms with Crippen molar-refractivity contribution in [3.8, 4) is 0 Å². The summed E-state index contributed by atoms with van der Waals surface area (Å²) in [6.45, 7) is 3.83. The van der Waals surface area contributed by atoms with E-state index < -0.39 is 0 Å². The van der Waals surface area contributed by atoms with Crippen molar-refractivity contribution in [3.63, 3.8) is 0 Å². The Hall–Kier alpha value is -1.75. The van der Waals surface area contributed by atoms with E-state index in [2.05, 4.69) is 22.6 Å². The molecule has 0 spiro atoms. The van der Waals surface area contributed by atoms with Crippen molar-refractivity contribution in [2.75, 3.05) is 11.1 Å². The molecule has 1 aliphatic rings. The van der Waals surface area contributed by atoms with Gasteiger partial charge in [-0.3, -0.25) is 4.79 Å². The van der Waals surface area contributed by atoms with Crippen LogP contribution in [0.2, 0.25) is 0 Å². The first kappa shape index (κ1) is 15.2. The molecule has 0 aliphatic heterocycles. The maximum Gasteiger partial charge on any atom is 0.234 e. The lowest BCUT2D eigenvalue weighted by molar-refractivity contribution is -0.113. The summed E-state index contributed by atoms with van der Waals surface area (Å²) in [7, 11) is 0. The van der Waals surface area contributed by atoms with Crippen LogP contribution >= 0.6 is 11.8 Å². The average molecular weight is 316 g/mol. The molecule has 0 bridgehead atoms. The molecule has 0 saturated heterocycles. The van der Waals surface area contributed by atoms with Gasteiger partial charge in [0.1, 0.15) is 5.76 Å².